The first-order valence-electron chi connectivity index (χ1n) is 13.4. The molecule has 6 rings (SSSR count). The van der Waals surface area contributed by atoms with Gasteiger partial charge in [0.2, 0.25) is 0 Å². The number of nitrogens with one attached hydrogen (secondary N) is 2. The third kappa shape index (κ3) is 5.32. The molecule has 0 saturated heterocycles. The molecule has 0 saturated carbocycles. The van der Waals surface area contributed by atoms with Crippen molar-refractivity contribution in [2.45, 2.75) is 44.4 Å². The zero-order valence-electron chi connectivity index (χ0n) is 21.7. The molecule has 2 heterocycles. The number of hydrogen-bond acceptors (Lipinski definition) is 4. The van der Waals surface area contributed by atoms with Gasteiger partial charge in [-0.05, 0) is 84.4 Å². The van der Waals surface area contributed by atoms with Crippen LogP contribution in [-0.2, 0) is 12.7 Å². The Balaban J connectivity index is 1.21. The summed E-state index contributed by atoms with van der Waals surface area (Å²) in [4.78, 5) is 19.4. The van der Waals surface area contributed by atoms with Crippen LogP contribution in [0, 0.1) is 0 Å². The maximum Gasteiger partial charge on any atom is 0.416 e. The molecule has 1 amide bonds. The molecule has 40 heavy (non-hydrogen) atoms. The van der Waals surface area contributed by atoms with E-state index in [0.29, 0.717) is 30.2 Å². The standard InChI is InChI=1S/C31H28ClF3N4O/c32-24-10-11-26(31(33,34)35)23(15-24)18-39-14-13-36-29-28(39)16-22(17-37-29)19-5-7-21(8-6-19)30(40)38-27-12-9-20-3-1-2-4-25(20)27/h1,3,5-8,10-11,15-17,27H,2,4,9,12-14,18H2,(H,36,37)(H,38,40). The van der Waals surface area contributed by atoms with Crippen molar-refractivity contribution in [1.82, 2.24) is 10.3 Å². The van der Waals surface area contributed by atoms with Crippen LogP contribution in [0.25, 0.3) is 11.1 Å². The fourth-order valence-corrected chi connectivity index (χ4v) is 6.02. The maximum absolute atomic E-state index is 13.7. The predicted octanol–water partition coefficient (Wildman–Crippen LogP) is 7.39. The lowest BCUT2D eigenvalue weighted by atomic mass is 9.97. The summed E-state index contributed by atoms with van der Waals surface area (Å²) in [5.41, 5.74) is 5.10. The Hall–Kier alpha value is -3.78. The van der Waals surface area contributed by atoms with Crippen molar-refractivity contribution in [3.8, 4) is 11.1 Å². The molecule has 1 atom stereocenters. The van der Waals surface area contributed by atoms with Crippen LogP contribution in [-0.4, -0.2) is 30.0 Å². The highest BCUT2D eigenvalue weighted by Gasteiger charge is 2.34. The Morgan fingerprint density at radius 3 is 2.73 bits per heavy atom. The first kappa shape index (κ1) is 26.4. The van der Waals surface area contributed by atoms with E-state index in [9.17, 15) is 18.0 Å². The number of carbonyl (C=O) groups excluding carboxylic acids is 1. The molecule has 0 fully saturated rings. The van der Waals surface area contributed by atoms with Gasteiger partial charge in [-0.15, -0.1) is 0 Å². The van der Waals surface area contributed by atoms with Gasteiger partial charge in [-0.2, -0.15) is 13.2 Å². The van der Waals surface area contributed by atoms with Gasteiger partial charge in [-0.1, -0.05) is 35.9 Å². The van der Waals surface area contributed by atoms with Crippen molar-refractivity contribution >= 4 is 29.0 Å². The second-order valence-corrected chi connectivity index (χ2v) is 10.8. The van der Waals surface area contributed by atoms with Gasteiger partial charge < -0.3 is 15.5 Å². The number of fused-ring (bicyclic) bond motifs is 1. The predicted molar refractivity (Wildman–Crippen MR) is 152 cm³/mol. The quantitative estimate of drug-likeness (QED) is 0.339. The Kier molecular flexibility index (Phi) is 7.04. The highest BCUT2D eigenvalue weighted by Crippen LogP contribution is 2.38. The molecular formula is C31H28ClF3N4O. The molecule has 206 valence electrons. The molecule has 2 N–H and O–H groups in total. The second kappa shape index (κ2) is 10.7. The monoisotopic (exact) mass is 564 g/mol. The van der Waals surface area contributed by atoms with E-state index in [1.165, 1.54) is 23.3 Å². The van der Waals surface area contributed by atoms with E-state index < -0.39 is 11.7 Å². The van der Waals surface area contributed by atoms with Crippen LogP contribution >= 0.6 is 11.6 Å². The molecule has 1 aromatic heterocycles. The summed E-state index contributed by atoms with van der Waals surface area (Å²) in [7, 11) is 0. The third-order valence-corrected chi connectivity index (χ3v) is 8.07. The first-order chi connectivity index (χ1) is 19.3. The molecule has 5 nitrogen and oxygen atoms in total. The van der Waals surface area contributed by atoms with Crippen molar-refractivity contribution in [2.24, 2.45) is 0 Å². The molecule has 0 bridgehead atoms. The molecule has 1 aliphatic heterocycles. The van der Waals surface area contributed by atoms with Crippen LogP contribution in [0.4, 0.5) is 24.7 Å². The van der Waals surface area contributed by atoms with E-state index in [-0.39, 0.29) is 29.1 Å². The molecule has 2 aliphatic carbocycles. The summed E-state index contributed by atoms with van der Waals surface area (Å²) in [6.45, 7) is 1.11. The third-order valence-electron chi connectivity index (χ3n) is 7.84. The Morgan fingerprint density at radius 1 is 1.10 bits per heavy atom. The lowest BCUT2D eigenvalue weighted by Gasteiger charge is -2.32. The van der Waals surface area contributed by atoms with Gasteiger partial charge in [0.15, 0.2) is 0 Å². The summed E-state index contributed by atoms with van der Waals surface area (Å²) in [6, 6.07) is 13.0. The fourth-order valence-electron chi connectivity index (χ4n) is 5.82. The van der Waals surface area contributed by atoms with Gasteiger partial charge >= 0.3 is 6.18 Å². The highest BCUT2D eigenvalue weighted by molar-refractivity contribution is 6.30. The summed E-state index contributed by atoms with van der Waals surface area (Å²) in [5.74, 6) is 0.519. The highest BCUT2D eigenvalue weighted by atomic mass is 35.5. The number of alkyl halides is 3. The van der Waals surface area contributed by atoms with Gasteiger partial charge in [-0.3, -0.25) is 4.79 Å². The van der Waals surface area contributed by atoms with Crippen LogP contribution in [0.1, 0.15) is 47.2 Å². The first-order valence-corrected chi connectivity index (χ1v) is 13.8. The number of pyridine rings is 1. The van der Waals surface area contributed by atoms with Crippen molar-refractivity contribution < 1.29 is 18.0 Å². The summed E-state index contributed by atoms with van der Waals surface area (Å²) in [5, 5.41) is 6.68. The number of nitrogens with zero attached hydrogens (tertiary/aromatic N) is 2. The molecule has 1 unspecified atom stereocenters. The summed E-state index contributed by atoms with van der Waals surface area (Å²) >= 11 is 6.06. The number of rotatable bonds is 5. The topological polar surface area (TPSA) is 57.3 Å². The number of hydrogen-bond donors (Lipinski definition) is 2. The van der Waals surface area contributed by atoms with Crippen LogP contribution in [0.3, 0.4) is 0 Å². The van der Waals surface area contributed by atoms with Crippen molar-refractivity contribution in [3.05, 3.63) is 99.7 Å². The molecule has 9 heteroatoms. The van der Waals surface area contributed by atoms with Crippen molar-refractivity contribution in [1.29, 1.82) is 0 Å². The van der Waals surface area contributed by atoms with Crippen LogP contribution in [0.2, 0.25) is 5.02 Å². The lowest BCUT2D eigenvalue weighted by molar-refractivity contribution is -0.138. The fraction of sp³-hybridized carbons (Fsp3) is 0.290. The number of allylic oxidation sites excluding steroid dienone is 3. The largest absolute Gasteiger partial charge is 0.416 e. The zero-order valence-corrected chi connectivity index (χ0v) is 22.4. The average Bonchev–Trinajstić information content (AvgIpc) is 3.35. The summed E-state index contributed by atoms with van der Waals surface area (Å²) in [6.07, 6.45) is 5.60. The van der Waals surface area contributed by atoms with E-state index in [4.69, 9.17) is 11.6 Å². The molecule has 2 aromatic carbocycles. The van der Waals surface area contributed by atoms with E-state index in [2.05, 4.69) is 27.8 Å². The smallest absolute Gasteiger partial charge is 0.367 e. The minimum atomic E-state index is -4.48. The van der Waals surface area contributed by atoms with Gasteiger partial charge in [0.25, 0.3) is 5.91 Å². The normalized spacial score (nSPS) is 18.3. The van der Waals surface area contributed by atoms with Crippen LogP contribution < -0.4 is 15.5 Å². The van der Waals surface area contributed by atoms with Gasteiger partial charge in [-0.25, -0.2) is 4.98 Å². The van der Waals surface area contributed by atoms with Crippen LogP contribution in [0.5, 0.6) is 0 Å². The van der Waals surface area contributed by atoms with Gasteiger partial charge in [0.1, 0.15) is 5.82 Å². The summed E-state index contributed by atoms with van der Waals surface area (Å²) < 4.78 is 41.0. The number of amides is 1. The number of benzene rings is 2. The Morgan fingerprint density at radius 2 is 1.93 bits per heavy atom. The van der Waals surface area contributed by atoms with Gasteiger partial charge in [0.05, 0.1) is 17.3 Å². The van der Waals surface area contributed by atoms with Crippen molar-refractivity contribution in [2.75, 3.05) is 23.3 Å². The Labute approximate surface area is 235 Å². The number of anilines is 2. The SMILES string of the molecule is O=C(NC1CCC2=C1CCC=C2)c1ccc(-c2cnc3c(c2)N(Cc2cc(Cl)ccc2C(F)(F)F)CCN3)cc1. The van der Waals surface area contributed by atoms with E-state index >= 15 is 0 Å². The minimum Gasteiger partial charge on any atom is -0.367 e. The zero-order chi connectivity index (χ0) is 27.9. The van der Waals surface area contributed by atoms with Crippen molar-refractivity contribution in [3.63, 3.8) is 0 Å². The van der Waals surface area contributed by atoms with E-state index in [1.807, 2.05) is 23.1 Å². The van der Waals surface area contributed by atoms with Crippen LogP contribution in [0.15, 0.2) is 78.0 Å². The number of carbonyl (C=O) groups is 1. The Bertz CT molecular complexity index is 1510. The number of halogens is 4. The molecule has 3 aromatic rings. The molecule has 3 aliphatic rings. The minimum absolute atomic E-state index is 0.0451. The average molecular weight is 565 g/mol. The second-order valence-electron chi connectivity index (χ2n) is 10.4. The number of aromatic nitrogens is 1. The van der Waals surface area contributed by atoms with Gasteiger partial charge in [0, 0.05) is 42.0 Å². The lowest BCUT2D eigenvalue weighted by Crippen LogP contribution is -2.34. The maximum atomic E-state index is 13.7. The molecule has 0 radical (unpaired) electrons. The van der Waals surface area contributed by atoms with E-state index in [0.717, 1.165) is 42.9 Å². The van der Waals surface area contributed by atoms with E-state index in [1.54, 1.807) is 18.3 Å². The molecule has 0 spiro atoms. The molecular weight excluding hydrogens is 537 g/mol.